The Hall–Kier alpha value is -2.88. The highest BCUT2D eigenvalue weighted by Crippen LogP contribution is 2.30. The van der Waals surface area contributed by atoms with Gasteiger partial charge in [-0.3, -0.25) is 9.59 Å². The fraction of sp³-hybridized carbons (Fsp3) is 0.652. The van der Waals surface area contributed by atoms with E-state index in [1.54, 1.807) is 6.92 Å². The number of rotatable bonds is 14. The Kier molecular flexibility index (Phi) is 11.6. The van der Waals surface area contributed by atoms with Gasteiger partial charge in [-0.05, 0) is 33.6 Å². The average Bonchev–Trinajstić information content (AvgIpc) is 2.75. The zero-order valence-corrected chi connectivity index (χ0v) is 20.6. The Morgan fingerprint density at radius 2 is 1.91 bits per heavy atom. The SMILES string of the molecule is CCCOC(CC)CC(C)OC(=O)C(C)(C)NC(=O)c1nccc(OC)c1OCOC(C)=O. The topological polar surface area (TPSA) is 122 Å². The van der Waals surface area contributed by atoms with Crippen molar-refractivity contribution in [3.05, 3.63) is 18.0 Å². The summed E-state index contributed by atoms with van der Waals surface area (Å²) in [6.45, 7) is 10.3. The molecule has 33 heavy (non-hydrogen) atoms. The number of hydrogen-bond donors (Lipinski definition) is 1. The summed E-state index contributed by atoms with van der Waals surface area (Å²) in [5.74, 6) is -1.63. The summed E-state index contributed by atoms with van der Waals surface area (Å²) in [5.41, 5.74) is -1.48. The Balaban J connectivity index is 2.87. The van der Waals surface area contributed by atoms with Crippen molar-refractivity contribution in [2.45, 2.75) is 78.6 Å². The van der Waals surface area contributed by atoms with E-state index in [-0.39, 0.29) is 23.3 Å². The third-order valence-corrected chi connectivity index (χ3v) is 4.62. The van der Waals surface area contributed by atoms with Gasteiger partial charge in [0.15, 0.2) is 17.2 Å². The van der Waals surface area contributed by atoms with Gasteiger partial charge in [-0.15, -0.1) is 0 Å². The standard InChI is InChI=1S/C23H36N2O8/c1-8-12-30-17(9-2)13-15(3)33-22(28)23(5,6)25-21(27)19-20(32-14-31-16(4)26)18(29-7)10-11-24-19/h10-11,15,17H,8-9,12-14H2,1-7H3,(H,25,27). The molecular weight excluding hydrogens is 432 g/mol. The van der Waals surface area contributed by atoms with Gasteiger partial charge in [0.2, 0.25) is 6.79 Å². The second kappa shape index (κ2) is 13.6. The Bertz CT molecular complexity index is 797. The molecule has 0 aliphatic carbocycles. The van der Waals surface area contributed by atoms with E-state index in [0.29, 0.717) is 13.0 Å². The van der Waals surface area contributed by atoms with Crippen LogP contribution in [0.2, 0.25) is 0 Å². The number of methoxy groups -OCH3 is 1. The molecule has 186 valence electrons. The fourth-order valence-electron chi connectivity index (χ4n) is 2.84. The van der Waals surface area contributed by atoms with E-state index in [0.717, 1.165) is 12.8 Å². The van der Waals surface area contributed by atoms with Crippen molar-refractivity contribution >= 4 is 17.8 Å². The van der Waals surface area contributed by atoms with E-state index in [9.17, 15) is 14.4 Å². The predicted molar refractivity (Wildman–Crippen MR) is 120 cm³/mol. The fourth-order valence-corrected chi connectivity index (χ4v) is 2.84. The third kappa shape index (κ3) is 9.25. The second-order valence-corrected chi connectivity index (χ2v) is 8.02. The normalized spacial score (nSPS) is 12.9. The minimum atomic E-state index is -1.35. The molecule has 10 heteroatoms. The van der Waals surface area contributed by atoms with Crippen LogP contribution in [-0.4, -0.2) is 61.1 Å². The molecule has 10 nitrogen and oxygen atoms in total. The molecule has 0 spiro atoms. The summed E-state index contributed by atoms with van der Waals surface area (Å²) in [4.78, 5) is 40.8. The lowest BCUT2D eigenvalue weighted by Gasteiger charge is -2.27. The Morgan fingerprint density at radius 1 is 1.21 bits per heavy atom. The van der Waals surface area contributed by atoms with Crippen molar-refractivity contribution in [2.24, 2.45) is 0 Å². The molecule has 1 amide bonds. The molecule has 2 unspecified atom stereocenters. The number of hydrogen-bond acceptors (Lipinski definition) is 9. The van der Waals surface area contributed by atoms with E-state index < -0.39 is 36.3 Å². The number of esters is 2. The lowest BCUT2D eigenvalue weighted by molar-refractivity contribution is -0.156. The van der Waals surface area contributed by atoms with Crippen molar-refractivity contribution < 1.29 is 38.1 Å². The number of amides is 1. The summed E-state index contributed by atoms with van der Waals surface area (Å²) >= 11 is 0. The van der Waals surface area contributed by atoms with Gasteiger partial charge in [0.1, 0.15) is 11.6 Å². The molecule has 0 saturated carbocycles. The van der Waals surface area contributed by atoms with Gasteiger partial charge in [-0.2, -0.15) is 0 Å². The maximum Gasteiger partial charge on any atom is 0.331 e. The summed E-state index contributed by atoms with van der Waals surface area (Å²) in [5, 5.41) is 2.62. The lowest BCUT2D eigenvalue weighted by atomic mass is 10.0. The molecule has 1 N–H and O–H groups in total. The first-order valence-electron chi connectivity index (χ1n) is 11.0. The van der Waals surface area contributed by atoms with E-state index >= 15 is 0 Å². The number of nitrogens with one attached hydrogen (secondary N) is 1. The second-order valence-electron chi connectivity index (χ2n) is 8.02. The van der Waals surface area contributed by atoms with Gasteiger partial charge in [0.25, 0.3) is 5.91 Å². The number of aromatic nitrogens is 1. The van der Waals surface area contributed by atoms with Crippen molar-refractivity contribution in [1.29, 1.82) is 0 Å². The number of ether oxygens (including phenoxy) is 5. The van der Waals surface area contributed by atoms with Gasteiger partial charge >= 0.3 is 11.9 Å². The maximum atomic E-state index is 12.9. The van der Waals surface area contributed by atoms with Gasteiger partial charge in [0, 0.05) is 32.2 Å². The van der Waals surface area contributed by atoms with Gasteiger partial charge in [0.05, 0.1) is 13.2 Å². The predicted octanol–water partition coefficient (Wildman–Crippen LogP) is 3.03. The smallest absolute Gasteiger partial charge is 0.331 e. The molecule has 0 bridgehead atoms. The summed E-state index contributed by atoms with van der Waals surface area (Å²) < 4.78 is 26.7. The quantitative estimate of drug-likeness (QED) is 0.324. The van der Waals surface area contributed by atoms with Crippen molar-refractivity contribution in [2.75, 3.05) is 20.5 Å². The molecule has 1 rings (SSSR count). The highest BCUT2D eigenvalue weighted by atomic mass is 16.7. The Morgan fingerprint density at radius 3 is 2.48 bits per heavy atom. The molecule has 2 atom stereocenters. The number of carbonyl (C=O) groups is 3. The van der Waals surface area contributed by atoms with Crippen LogP contribution in [0.1, 0.15) is 71.3 Å². The van der Waals surface area contributed by atoms with Crippen LogP contribution in [0.5, 0.6) is 11.5 Å². The molecule has 1 aromatic heterocycles. The first-order valence-corrected chi connectivity index (χ1v) is 11.0. The molecule has 0 saturated heterocycles. The van der Waals surface area contributed by atoms with Crippen LogP contribution >= 0.6 is 0 Å². The first kappa shape index (κ1) is 28.2. The van der Waals surface area contributed by atoms with Crippen LogP contribution in [0.15, 0.2) is 12.3 Å². The van der Waals surface area contributed by atoms with Crippen LogP contribution in [-0.2, 0) is 23.8 Å². The van der Waals surface area contributed by atoms with Gasteiger partial charge in [-0.1, -0.05) is 13.8 Å². The average molecular weight is 469 g/mol. The highest BCUT2D eigenvalue weighted by molar-refractivity contribution is 5.99. The zero-order chi connectivity index (χ0) is 25.0. The molecule has 1 heterocycles. The first-order chi connectivity index (χ1) is 15.5. The van der Waals surface area contributed by atoms with E-state index in [2.05, 4.69) is 10.3 Å². The van der Waals surface area contributed by atoms with Crippen LogP contribution in [0.4, 0.5) is 0 Å². The molecule has 0 fully saturated rings. The van der Waals surface area contributed by atoms with E-state index in [1.807, 2.05) is 13.8 Å². The van der Waals surface area contributed by atoms with Crippen LogP contribution in [0.3, 0.4) is 0 Å². The largest absolute Gasteiger partial charge is 0.493 e. The van der Waals surface area contributed by atoms with E-state index in [4.69, 9.17) is 23.7 Å². The monoisotopic (exact) mass is 468 g/mol. The van der Waals surface area contributed by atoms with Crippen molar-refractivity contribution in [3.8, 4) is 11.5 Å². The van der Waals surface area contributed by atoms with Crippen LogP contribution < -0.4 is 14.8 Å². The van der Waals surface area contributed by atoms with Crippen LogP contribution in [0.25, 0.3) is 0 Å². The van der Waals surface area contributed by atoms with Gasteiger partial charge in [-0.25, -0.2) is 9.78 Å². The lowest BCUT2D eigenvalue weighted by Crippen LogP contribution is -2.51. The molecule has 0 aliphatic rings. The summed E-state index contributed by atoms with van der Waals surface area (Å²) in [6, 6.07) is 1.49. The van der Waals surface area contributed by atoms with Crippen molar-refractivity contribution in [3.63, 3.8) is 0 Å². The summed E-state index contributed by atoms with van der Waals surface area (Å²) in [6.07, 6.45) is 3.23. The molecular formula is C23H36N2O8. The third-order valence-electron chi connectivity index (χ3n) is 4.62. The number of pyridine rings is 1. The molecule has 0 aromatic carbocycles. The molecule has 0 aliphatic heterocycles. The number of carbonyl (C=O) groups excluding carboxylic acids is 3. The Labute approximate surface area is 195 Å². The highest BCUT2D eigenvalue weighted by Gasteiger charge is 2.34. The molecule has 0 radical (unpaired) electrons. The summed E-state index contributed by atoms with van der Waals surface area (Å²) in [7, 11) is 1.40. The van der Waals surface area contributed by atoms with Crippen molar-refractivity contribution in [1.82, 2.24) is 10.3 Å². The van der Waals surface area contributed by atoms with Crippen LogP contribution in [0, 0.1) is 0 Å². The van der Waals surface area contributed by atoms with E-state index in [1.165, 1.54) is 40.1 Å². The number of nitrogens with zero attached hydrogens (tertiary/aromatic N) is 1. The molecule has 1 aromatic rings. The maximum absolute atomic E-state index is 12.9. The zero-order valence-electron chi connectivity index (χ0n) is 20.6. The minimum Gasteiger partial charge on any atom is -0.493 e. The minimum absolute atomic E-state index is 0.0108. The van der Waals surface area contributed by atoms with Gasteiger partial charge < -0.3 is 29.0 Å².